The standard InChI is InChI=1S/C12H18N4/c1-13-7-6-12-14-9-11-10(15(2)3)5-4-8-16(11)12/h4-5,8-9,13H,6-7H2,1-3H3. The predicted octanol–water partition coefficient (Wildman–Crippen LogP) is 1.16. The number of nitrogens with zero attached hydrogens (tertiary/aromatic N) is 3. The molecule has 0 aromatic carbocycles. The van der Waals surface area contributed by atoms with Gasteiger partial charge in [0, 0.05) is 33.3 Å². The molecule has 0 fully saturated rings. The van der Waals surface area contributed by atoms with Gasteiger partial charge in [-0.15, -0.1) is 0 Å². The van der Waals surface area contributed by atoms with Crippen LogP contribution in [0.4, 0.5) is 5.69 Å². The third-order valence-corrected chi connectivity index (χ3v) is 2.71. The highest BCUT2D eigenvalue weighted by molar-refractivity contribution is 5.72. The first-order valence-electron chi connectivity index (χ1n) is 5.51. The maximum atomic E-state index is 4.47. The van der Waals surface area contributed by atoms with E-state index >= 15 is 0 Å². The molecule has 2 aromatic heterocycles. The molecule has 2 heterocycles. The molecule has 0 saturated carbocycles. The Labute approximate surface area is 95.9 Å². The molecule has 86 valence electrons. The van der Waals surface area contributed by atoms with Crippen molar-refractivity contribution >= 4 is 11.2 Å². The van der Waals surface area contributed by atoms with Gasteiger partial charge in [-0.1, -0.05) is 0 Å². The summed E-state index contributed by atoms with van der Waals surface area (Å²) in [6.07, 6.45) is 4.96. The largest absolute Gasteiger partial charge is 0.376 e. The second kappa shape index (κ2) is 4.53. The molecule has 1 N–H and O–H groups in total. The van der Waals surface area contributed by atoms with Crippen LogP contribution in [-0.2, 0) is 6.42 Å². The molecule has 16 heavy (non-hydrogen) atoms. The lowest BCUT2D eigenvalue weighted by Gasteiger charge is -2.13. The zero-order chi connectivity index (χ0) is 11.5. The Balaban J connectivity index is 2.44. The van der Waals surface area contributed by atoms with Gasteiger partial charge in [0.2, 0.25) is 0 Å². The van der Waals surface area contributed by atoms with Crippen LogP contribution < -0.4 is 10.2 Å². The van der Waals surface area contributed by atoms with Gasteiger partial charge in [-0.2, -0.15) is 0 Å². The van der Waals surface area contributed by atoms with Crippen molar-refractivity contribution in [2.45, 2.75) is 6.42 Å². The van der Waals surface area contributed by atoms with E-state index in [1.54, 1.807) is 0 Å². The molecule has 4 nitrogen and oxygen atoms in total. The number of hydrogen-bond donors (Lipinski definition) is 1. The highest BCUT2D eigenvalue weighted by Gasteiger charge is 2.07. The molecule has 2 aromatic rings. The number of fused-ring (bicyclic) bond motifs is 1. The van der Waals surface area contributed by atoms with Gasteiger partial charge >= 0.3 is 0 Å². The van der Waals surface area contributed by atoms with Crippen LogP contribution in [0.1, 0.15) is 5.82 Å². The molecular formula is C12H18N4. The molecule has 0 spiro atoms. The van der Waals surface area contributed by atoms with Crippen molar-refractivity contribution < 1.29 is 0 Å². The summed E-state index contributed by atoms with van der Waals surface area (Å²) in [5.41, 5.74) is 2.37. The van der Waals surface area contributed by atoms with Crippen LogP contribution in [0, 0.1) is 0 Å². The Bertz CT molecular complexity index is 473. The van der Waals surface area contributed by atoms with Crippen molar-refractivity contribution in [3.8, 4) is 0 Å². The quantitative estimate of drug-likeness (QED) is 0.836. The second-order valence-electron chi connectivity index (χ2n) is 4.07. The summed E-state index contributed by atoms with van der Waals surface area (Å²) in [4.78, 5) is 6.58. The van der Waals surface area contributed by atoms with E-state index in [0.717, 1.165) is 18.8 Å². The Morgan fingerprint density at radius 2 is 2.25 bits per heavy atom. The third kappa shape index (κ3) is 1.88. The minimum atomic E-state index is 0.946. The summed E-state index contributed by atoms with van der Waals surface area (Å²) in [6.45, 7) is 0.950. The number of nitrogens with one attached hydrogen (secondary N) is 1. The van der Waals surface area contributed by atoms with E-state index in [1.165, 1.54) is 11.2 Å². The van der Waals surface area contributed by atoms with Gasteiger partial charge in [0.15, 0.2) is 0 Å². The van der Waals surface area contributed by atoms with Gasteiger partial charge in [0.25, 0.3) is 0 Å². The normalized spacial score (nSPS) is 10.9. The molecule has 0 aliphatic carbocycles. The Kier molecular flexibility index (Phi) is 3.10. The fourth-order valence-corrected chi connectivity index (χ4v) is 1.86. The van der Waals surface area contributed by atoms with Crippen LogP contribution in [0.3, 0.4) is 0 Å². The summed E-state index contributed by atoms with van der Waals surface area (Å²) < 4.78 is 2.16. The molecule has 0 saturated heterocycles. The highest BCUT2D eigenvalue weighted by atomic mass is 15.1. The van der Waals surface area contributed by atoms with Crippen molar-refractivity contribution in [2.24, 2.45) is 0 Å². The van der Waals surface area contributed by atoms with Gasteiger partial charge < -0.3 is 14.6 Å². The van der Waals surface area contributed by atoms with E-state index in [-0.39, 0.29) is 0 Å². The Morgan fingerprint density at radius 1 is 1.44 bits per heavy atom. The second-order valence-corrected chi connectivity index (χ2v) is 4.07. The van der Waals surface area contributed by atoms with E-state index in [4.69, 9.17) is 0 Å². The lowest BCUT2D eigenvalue weighted by atomic mass is 10.3. The summed E-state index contributed by atoms with van der Waals surface area (Å²) in [5, 5.41) is 3.14. The smallest absolute Gasteiger partial charge is 0.114 e. The van der Waals surface area contributed by atoms with E-state index in [1.807, 2.05) is 13.2 Å². The number of aromatic nitrogens is 2. The van der Waals surface area contributed by atoms with Crippen molar-refractivity contribution in [2.75, 3.05) is 32.6 Å². The number of hydrogen-bond acceptors (Lipinski definition) is 3. The summed E-state index contributed by atoms with van der Waals surface area (Å²) in [6, 6.07) is 4.17. The minimum absolute atomic E-state index is 0.946. The van der Waals surface area contributed by atoms with Gasteiger partial charge in [0.05, 0.1) is 17.4 Å². The van der Waals surface area contributed by atoms with Gasteiger partial charge in [-0.05, 0) is 19.2 Å². The average molecular weight is 218 g/mol. The van der Waals surface area contributed by atoms with Crippen molar-refractivity contribution in [3.63, 3.8) is 0 Å². The maximum absolute atomic E-state index is 4.47. The van der Waals surface area contributed by atoms with Crippen molar-refractivity contribution in [1.29, 1.82) is 0 Å². The van der Waals surface area contributed by atoms with E-state index < -0.39 is 0 Å². The fourth-order valence-electron chi connectivity index (χ4n) is 1.86. The monoisotopic (exact) mass is 218 g/mol. The SMILES string of the molecule is CNCCc1ncc2c(N(C)C)cccn12. The number of anilines is 1. The average Bonchev–Trinajstić information content (AvgIpc) is 2.69. The molecule has 0 bridgehead atoms. The maximum Gasteiger partial charge on any atom is 0.114 e. The molecule has 4 heteroatoms. The van der Waals surface area contributed by atoms with Crippen LogP contribution in [-0.4, -0.2) is 37.1 Å². The van der Waals surface area contributed by atoms with E-state index in [2.05, 4.69) is 52.0 Å². The molecule has 2 rings (SSSR count). The van der Waals surface area contributed by atoms with Crippen molar-refractivity contribution in [1.82, 2.24) is 14.7 Å². The van der Waals surface area contributed by atoms with Gasteiger partial charge in [-0.3, -0.25) is 0 Å². The van der Waals surface area contributed by atoms with Crippen LogP contribution in [0.2, 0.25) is 0 Å². The molecule has 0 unspecified atom stereocenters. The first-order chi connectivity index (χ1) is 7.74. The first-order valence-corrected chi connectivity index (χ1v) is 5.51. The van der Waals surface area contributed by atoms with Crippen LogP contribution in [0.25, 0.3) is 5.52 Å². The predicted molar refractivity (Wildman–Crippen MR) is 67.1 cm³/mol. The third-order valence-electron chi connectivity index (χ3n) is 2.71. The summed E-state index contributed by atoms with van der Waals surface area (Å²) in [5.74, 6) is 1.10. The molecule has 0 radical (unpaired) electrons. The Hall–Kier alpha value is -1.55. The first kappa shape index (κ1) is 11.0. The zero-order valence-corrected chi connectivity index (χ0v) is 10.1. The zero-order valence-electron chi connectivity index (χ0n) is 10.1. The molecule has 0 aliphatic rings. The molecule has 0 amide bonds. The number of pyridine rings is 1. The lowest BCUT2D eigenvalue weighted by molar-refractivity contribution is 0.753. The summed E-state index contributed by atoms with van der Waals surface area (Å²) >= 11 is 0. The number of likely N-dealkylation sites (N-methyl/N-ethyl adjacent to an activating group) is 1. The number of imidazole rings is 1. The summed E-state index contributed by atoms with van der Waals surface area (Å²) in [7, 11) is 6.06. The topological polar surface area (TPSA) is 32.6 Å². The van der Waals surface area contributed by atoms with Crippen molar-refractivity contribution in [3.05, 3.63) is 30.4 Å². The fraction of sp³-hybridized carbons (Fsp3) is 0.417. The van der Waals surface area contributed by atoms with Gasteiger partial charge in [-0.25, -0.2) is 4.98 Å². The highest BCUT2D eigenvalue weighted by Crippen LogP contribution is 2.20. The Morgan fingerprint density at radius 3 is 2.94 bits per heavy atom. The molecule has 0 aliphatic heterocycles. The lowest BCUT2D eigenvalue weighted by Crippen LogP contribution is -2.13. The van der Waals surface area contributed by atoms with Crippen LogP contribution >= 0.6 is 0 Å². The van der Waals surface area contributed by atoms with Gasteiger partial charge in [0.1, 0.15) is 5.82 Å². The molecular weight excluding hydrogens is 200 g/mol. The van der Waals surface area contributed by atoms with E-state index in [0.29, 0.717) is 0 Å². The number of rotatable bonds is 4. The minimum Gasteiger partial charge on any atom is -0.376 e. The molecule has 0 atom stereocenters. The van der Waals surface area contributed by atoms with Crippen LogP contribution in [0.15, 0.2) is 24.5 Å². The van der Waals surface area contributed by atoms with E-state index in [9.17, 15) is 0 Å². The van der Waals surface area contributed by atoms with Crippen LogP contribution in [0.5, 0.6) is 0 Å².